The minimum absolute atomic E-state index is 0.709. The Morgan fingerprint density at radius 2 is 2.00 bits per heavy atom. The minimum atomic E-state index is 0.709. The molecular weight excluding hydrogens is 261 g/mol. The fourth-order valence-electron chi connectivity index (χ4n) is 1.88. The number of thioether (sulfide) groups is 1. The number of nitrogens with one attached hydrogen (secondary N) is 1. The van der Waals surface area contributed by atoms with E-state index in [2.05, 4.69) is 17.1 Å². The van der Waals surface area contributed by atoms with E-state index in [1.807, 2.05) is 12.1 Å². The van der Waals surface area contributed by atoms with Crippen LogP contribution in [0.4, 0.5) is 0 Å². The molecule has 1 fully saturated rings. The van der Waals surface area contributed by atoms with E-state index in [0.29, 0.717) is 10.0 Å². The molecule has 0 aliphatic carbocycles. The van der Waals surface area contributed by atoms with Crippen molar-refractivity contribution in [3.05, 3.63) is 33.8 Å². The highest BCUT2D eigenvalue weighted by Gasteiger charge is 2.14. The second-order valence-corrected chi connectivity index (χ2v) is 6.16. The van der Waals surface area contributed by atoms with Crippen molar-refractivity contribution in [2.24, 2.45) is 5.92 Å². The highest BCUT2D eigenvalue weighted by molar-refractivity contribution is 7.99. The molecule has 1 aromatic rings. The minimum Gasteiger partial charge on any atom is -0.312 e. The maximum Gasteiger partial charge on any atom is 0.0424 e. The fourth-order valence-corrected chi connectivity index (χ4v) is 3.73. The lowest BCUT2D eigenvalue weighted by Crippen LogP contribution is -2.22. The Morgan fingerprint density at radius 1 is 1.25 bits per heavy atom. The van der Waals surface area contributed by atoms with Gasteiger partial charge in [0.25, 0.3) is 0 Å². The monoisotopic (exact) mass is 275 g/mol. The van der Waals surface area contributed by atoms with Crippen LogP contribution in [0.3, 0.4) is 0 Å². The molecule has 1 unspecified atom stereocenters. The highest BCUT2D eigenvalue weighted by atomic mass is 35.5. The molecule has 0 saturated carbocycles. The smallest absolute Gasteiger partial charge is 0.0424 e. The average Bonchev–Trinajstić information content (AvgIpc) is 2.69. The van der Waals surface area contributed by atoms with Gasteiger partial charge in [-0.3, -0.25) is 0 Å². The number of hydrogen-bond donors (Lipinski definition) is 1. The van der Waals surface area contributed by atoms with Gasteiger partial charge in [0.2, 0.25) is 0 Å². The molecule has 1 aromatic carbocycles. The fraction of sp³-hybridized carbons (Fsp3) is 0.500. The average molecular weight is 276 g/mol. The zero-order chi connectivity index (χ0) is 11.4. The molecule has 4 heteroatoms. The molecule has 1 aliphatic heterocycles. The van der Waals surface area contributed by atoms with E-state index in [-0.39, 0.29) is 0 Å². The van der Waals surface area contributed by atoms with Crippen LogP contribution >= 0.6 is 35.0 Å². The van der Waals surface area contributed by atoms with Gasteiger partial charge in [-0.25, -0.2) is 0 Å². The molecule has 1 N–H and O–H groups in total. The second-order valence-electron chi connectivity index (χ2n) is 4.14. The summed E-state index contributed by atoms with van der Waals surface area (Å²) in [6, 6.07) is 5.69. The van der Waals surface area contributed by atoms with Gasteiger partial charge in [-0.05, 0) is 54.2 Å². The van der Waals surface area contributed by atoms with Crippen molar-refractivity contribution in [2.75, 3.05) is 18.1 Å². The summed E-state index contributed by atoms with van der Waals surface area (Å²) in [4.78, 5) is 0. The van der Waals surface area contributed by atoms with E-state index in [1.54, 1.807) is 6.07 Å². The predicted octanol–water partition coefficient (Wildman–Crippen LogP) is 3.84. The van der Waals surface area contributed by atoms with Crippen LogP contribution in [0.25, 0.3) is 0 Å². The molecule has 0 radical (unpaired) electrons. The van der Waals surface area contributed by atoms with Crippen LogP contribution in [0.1, 0.15) is 12.0 Å². The lowest BCUT2D eigenvalue weighted by atomic mass is 10.1. The zero-order valence-corrected chi connectivity index (χ0v) is 11.3. The first-order valence-corrected chi connectivity index (χ1v) is 7.38. The van der Waals surface area contributed by atoms with Crippen LogP contribution in [0.15, 0.2) is 18.2 Å². The number of halogens is 2. The third kappa shape index (κ3) is 3.85. The normalized spacial score (nSPS) is 20.2. The molecule has 88 valence electrons. The largest absolute Gasteiger partial charge is 0.312 e. The molecule has 16 heavy (non-hydrogen) atoms. The first-order chi connectivity index (χ1) is 7.74. The van der Waals surface area contributed by atoms with Crippen molar-refractivity contribution >= 4 is 35.0 Å². The van der Waals surface area contributed by atoms with Gasteiger partial charge in [0.15, 0.2) is 0 Å². The Labute approximate surface area is 111 Å². The summed E-state index contributed by atoms with van der Waals surface area (Å²) < 4.78 is 0. The maximum atomic E-state index is 5.94. The Balaban J connectivity index is 1.80. The molecule has 2 rings (SSSR count). The van der Waals surface area contributed by atoms with Gasteiger partial charge in [0.05, 0.1) is 0 Å². The molecular formula is C12H15Cl2NS. The topological polar surface area (TPSA) is 12.0 Å². The SMILES string of the molecule is Clc1cc(Cl)cc(CNCC2CCSC2)c1. The lowest BCUT2D eigenvalue weighted by molar-refractivity contribution is 0.523. The molecule has 0 aromatic heterocycles. The van der Waals surface area contributed by atoms with Crippen LogP contribution in [0.2, 0.25) is 10.0 Å². The standard InChI is InChI=1S/C12H15Cl2NS/c13-11-3-10(4-12(14)5-11)7-15-6-9-1-2-16-8-9/h3-5,9,15H,1-2,6-8H2. The number of benzene rings is 1. The first kappa shape index (κ1) is 12.6. The first-order valence-electron chi connectivity index (χ1n) is 5.47. The molecule has 0 spiro atoms. The summed E-state index contributed by atoms with van der Waals surface area (Å²) in [6.45, 7) is 1.94. The van der Waals surface area contributed by atoms with Crippen LogP contribution in [0.5, 0.6) is 0 Å². The summed E-state index contributed by atoms with van der Waals surface area (Å²) in [6.07, 6.45) is 1.34. The number of hydrogen-bond acceptors (Lipinski definition) is 2. The molecule has 1 saturated heterocycles. The maximum absolute atomic E-state index is 5.94. The lowest BCUT2D eigenvalue weighted by Gasteiger charge is -2.10. The number of rotatable bonds is 4. The molecule has 1 heterocycles. The second kappa shape index (κ2) is 6.15. The molecule has 1 nitrogen and oxygen atoms in total. The summed E-state index contributed by atoms with van der Waals surface area (Å²) in [5, 5.41) is 4.89. The summed E-state index contributed by atoms with van der Waals surface area (Å²) in [5.74, 6) is 3.44. The van der Waals surface area contributed by atoms with Gasteiger partial charge in [-0.2, -0.15) is 11.8 Å². The van der Waals surface area contributed by atoms with Crippen molar-refractivity contribution in [3.8, 4) is 0 Å². The van der Waals surface area contributed by atoms with Crippen molar-refractivity contribution in [1.82, 2.24) is 5.32 Å². The van der Waals surface area contributed by atoms with Crippen molar-refractivity contribution in [2.45, 2.75) is 13.0 Å². The van der Waals surface area contributed by atoms with Gasteiger partial charge in [-0.15, -0.1) is 0 Å². The summed E-state index contributed by atoms with van der Waals surface area (Å²) >= 11 is 13.9. The van der Waals surface area contributed by atoms with Crippen LogP contribution in [-0.4, -0.2) is 18.1 Å². The van der Waals surface area contributed by atoms with Gasteiger partial charge < -0.3 is 5.32 Å². The van der Waals surface area contributed by atoms with Crippen LogP contribution in [0, 0.1) is 5.92 Å². The zero-order valence-electron chi connectivity index (χ0n) is 9.01. The van der Waals surface area contributed by atoms with Crippen molar-refractivity contribution in [1.29, 1.82) is 0 Å². The Bertz CT molecular complexity index is 331. The molecule has 0 bridgehead atoms. The molecule has 0 amide bonds. The van der Waals surface area contributed by atoms with E-state index in [4.69, 9.17) is 23.2 Å². The van der Waals surface area contributed by atoms with Gasteiger partial charge in [0.1, 0.15) is 0 Å². The third-order valence-electron chi connectivity index (χ3n) is 2.71. The Hall–Kier alpha value is 0.110. The van der Waals surface area contributed by atoms with Gasteiger partial charge >= 0.3 is 0 Å². The van der Waals surface area contributed by atoms with Crippen LogP contribution in [-0.2, 0) is 6.54 Å². The highest BCUT2D eigenvalue weighted by Crippen LogP contribution is 2.23. The van der Waals surface area contributed by atoms with Crippen LogP contribution < -0.4 is 5.32 Å². The Morgan fingerprint density at radius 3 is 2.62 bits per heavy atom. The van der Waals surface area contributed by atoms with Crippen molar-refractivity contribution < 1.29 is 0 Å². The third-order valence-corrected chi connectivity index (χ3v) is 4.38. The van der Waals surface area contributed by atoms with E-state index in [1.165, 1.54) is 17.9 Å². The summed E-state index contributed by atoms with van der Waals surface area (Å²) in [7, 11) is 0. The van der Waals surface area contributed by atoms with Gasteiger partial charge in [0, 0.05) is 16.6 Å². The predicted molar refractivity (Wildman–Crippen MR) is 73.6 cm³/mol. The van der Waals surface area contributed by atoms with Gasteiger partial charge in [-0.1, -0.05) is 23.2 Å². The molecule has 1 atom stereocenters. The Kier molecular flexibility index (Phi) is 4.83. The molecule has 1 aliphatic rings. The summed E-state index contributed by atoms with van der Waals surface area (Å²) in [5.41, 5.74) is 1.16. The van der Waals surface area contributed by atoms with Crippen molar-refractivity contribution in [3.63, 3.8) is 0 Å². The quantitative estimate of drug-likeness (QED) is 0.896. The van der Waals surface area contributed by atoms with E-state index < -0.39 is 0 Å². The van der Waals surface area contributed by atoms with E-state index in [9.17, 15) is 0 Å². The van der Waals surface area contributed by atoms with E-state index in [0.717, 1.165) is 24.6 Å². The van der Waals surface area contributed by atoms with E-state index >= 15 is 0 Å².